The fraction of sp³-hybridized carbons (Fsp3) is 0.962. The lowest BCUT2D eigenvalue weighted by Crippen LogP contribution is -2.57. The van der Waals surface area contributed by atoms with E-state index in [1.165, 1.54) is 38.5 Å². The number of hydrogen-bond acceptors (Lipinski definition) is 2. The van der Waals surface area contributed by atoms with Crippen molar-refractivity contribution < 1.29 is 9.22 Å². The molecule has 166 valence electrons. The third-order valence-corrected chi connectivity index (χ3v) is 15.6. The number of fused-ring (bicyclic) bond motifs is 5. The van der Waals surface area contributed by atoms with Gasteiger partial charge >= 0.3 is 0 Å². The highest BCUT2D eigenvalue weighted by Crippen LogP contribution is 2.67. The van der Waals surface area contributed by atoms with Crippen LogP contribution in [0.15, 0.2) is 0 Å². The highest BCUT2D eigenvalue weighted by atomic mass is 28.4. The van der Waals surface area contributed by atoms with Gasteiger partial charge in [-0.2, -0.15) is 0 Å². The summed E-state index contributed by atoms with van der Waals surface area (Å²) in [6.45, 7) is 19.4. The first kappa shape index (κ1) is 22.1. The van der Waals surface area contributed by atoms with Gasteiger partial charge in [-0.05, 0) is 97.6 Å². The largest absolute Gasteiger partial charge is 0.413 e. The molecule has 0 aromatic carbocycles. The van der Waals surface area contributed by atoms with Crippen molar-refractivity contribution in [3.63, 3.8) is 0 Å². The first-order chi connectivity index (χ1) is 13.3. The Hall–Kier alpha value is -0.153. The summed E-state index contributed by atoms with van der Waals surface area (Å²) in [4.78, 5) is 12.4. The predicted molar refractivity (Wildman–Crippen MR) is 123 cm³/mol. The minimum Gasteiger partial charge on any atom is -0.413 e. The minimum atomic E-state index is -1.73. The van der Waals surface area contributed by atoms with Gasteiger partial charge in [-0.15, -0.1) is 0 Å². The monoisotopic (exact) mass is 418 g/mol. The Morgan fingerprint density at radius 1 is 0.897 bits per heavy atom. The van der Waals surface area contributed by atoms with E-state index in [4.69, 9.17) is 4.43 Å². The van der Waals surface area contributed by atoms with E-state index in [2.05, 4.69) is 54.6 Å². The molecular weight excluding hydrogens is 372 g/mol. The number of hydrogen-bond donors (Lipinski definition) is 0. The van der Waals surface area contributed by atoms with E-state index in [1.807, 2.05) is 0 Å². The molecule has 0 amide bonds. The highest BCUT2D eigenvalue weighted by Gasteiger charge is 2.62. The molecule has 4 aliphatic carbocycles. The Morgan fingerprint density at radius 2 is 1.52 bits per heavy atom. The zero-order valence-electron chi connectivity index (χ0n) is 20.4. The van der Waals surface area contributed by atoms with Gasteiger partial charge in [0.15, 0.2) is 8.32 Å². The molecular formula is C26H46O2Si. The Kier molecular flexibility index (Phi) is 5.26. The summed E-state index contributed by atoms with van der Waals surface area (Å²) >= 11 is 0. The van der Waals surface area contributed by atoms with Crippen molar-refractivity contribution in [2.45, 2.75) is 117 Å². The molecule has 0 heterocycles. The standard InChI is InChI=1S/C26H46O2Si/c1-17-19-10-9-18-20-11-12-23(28-29(7,8)24(2,3)4)26(20,6)15-13-21(18)25(19,5)16-14-22(17)27/h17-21,23H,9-16H2,1-8H3/t17?,18-,19?,20-,21-,23?,25-,26-/m0/s1. The molecule has 0 aromatic rings. The van der Waals surface area contributed by atoms with Crippen LogP contribution in [-0.4, -0.2) is 20.2 Å². The van der Waals surface area contributed by atoms with Gasteiger partial charge in [0.1, 0.15) is 5.78 Å². The molecule has 0 aliphatic heterocycles. The van der Waals surface area contributed by atoms with Crippen molar-refractivity contribution in [2.75, 3.05) is 0 Å². The van der Waals surface area contributed by atoms with Gasteiger partial charge in [0.2, 0.25) is 0 Å². The third kappa shape index (κ3) is 3.23. The van der Waals surface area contributed by atoms with Gasteiger partial charge in [-0.25, -0.2) is 0 Å². The van der Waals surface area contributed by atoms with Crippen molar-refractivity contribution in [3.8, 4) is 0 Å². The second-order valence-corrected chi connectivity index (χ2v) is 18.1. The van der Waals surface area contributed by atoms with Crippen LogP contribution in [0.3, 0.4) is 0 Å². The smallest absolute Gasteiger partial charge is 0.192 e. The Labute approximate surface area is 181 Å². The van der Waals surface area contributed by atoms with Crippen molar-refractivity contribution in [2.24, 2.45) is 40.4 Å². The summed E-state index contributed by atoms with van der Waals surface area (Å²) < 4.78 is 7.07. The molecule has 3 unspecified atom stereocenters. The molecule has 0 aromatic heterocycles. The summed E-state index contributed by atoms with van der Waals surface area (Å²) in [5.41, 5.74) is 0.770. The van der Waals surface area contributed by atoms with Gasteiger partial charge in [-0.1, -0.05) is 41.5 Å². The van der Waals surface area contributed by atoms with Crippen LogP contribution < -0.4 is 0 Å². The summed E-state index contributed by atoms with van der Waals surface area (Å²) in [5, 5.41) is 0.287. The van der Waals surface area contributed by atoms with Crippen LogP contribution >= 0.6 is 0 Å². The van der Waals surface area contributed by atoms with E-state index >= 15 is 0 Å². The van der Waals surface area contributed by atoms with Crippen molar-refractivity contribution in [1.82, 2.24) is 0 Å². The molecule has 0 N–H and O–H groups in total. The topological polar surface area (TPSA) is 26.3 Å². The van der Waals surface area contributed by atoms with Gasteiger partial charge in [0, 0.05) is 12.3 Å². The first-order valence-corrected chi connectivity index (χ1v) is 15.4. The Bertz CT molecular complexity index is 664. The molecule has 0 saturated heterocycles. The number of ketones is 1. The summed E-state index contributed by atoms with van der Waals surface area (Å²) in [6.07, 6.45) is 10.4. The summed E-state index contributed by atoms with van der Waals surface area (Å²) in [7, 11) is -1.73. The summed E-state index contributed by atoms with van der Waals surface area (Å²) in [6, 6.07) is 0. The van der Waals surface area contributed by atoms with Crippen molar-refractivity contribution >= 4 is 14.1 Å². The lowest BCUT2D eigenvalue weighted by molar-refractivity contribution is -0.151. The maximum Gasteiger partial charge on any atom is 0.192 e. The van der Waals surface area contributed by atoms with Crippen LogP contribution in [0, 0.1) is 40.4 Å². The maximum absolute atomic E-state index is 12.4. The number of rotatable bonds is 2. The van der Waals surface area contributed by atoms with Crippen LogP contribution in [0.5, 0.6) is 0 Å². The SMILES string of the molecule is CC1C(=O)CC[C@@]2(C)C1CC[C@@H]1[C@@H]2CC[C@]2(C)C(O[Si](C)(C)C(C)(C)C)CC[C@@H]12. The Balaban J connectivity index is 1.56. The van der Waals surface area contributed by atoms with E-state index in [0.29, 0.717) is 34.6 Å². The van der Waals surface area contributed by atoms with E-state index in [9.17, 15) is 4.79 Å². The predicted octanol–water partition coefficient (Wildman–Crippen LogP) is 7.23. The minimum absolute atomic E-state index is 0.287. The number of carbonyl (C=O) groups excluding carboxylic acids is 1. The van der Waals surface area contributed by atoms with E-state index in [-0.39, 0.29) is 5.04 Å². The molecule has 0 radical (unpaired) electrons. The fourth-order valence-electron chi connectivity index (χ4n) is 8.20. The lowest BCUT2D eigenvalue weighted by atomic mass is 9.44. The first-order valence-electron chi connectivity index (χ1n) is 12.5. The van der Waals surface area contributed by atoms with Gasteiger partial charge in [0.05, 0.1) is 6.10 Å². The molecule has 0 spiro atoms. The fourth-order valence-corrected chi connectivity index (χ4v) is 9.65. The zero-order chi connectivity index (χ0) is 21.4. The van der Waals surface area contributed by atoms with Gasteiger partial charge < -0.3 is 4.43 Å². The maximum atomic E-state index is 12.4. The van der Waals surface area contributed by atoms with Crippen LogP contribution in [0.2, 0.25) is 18.1 Å². The molecule has 4 fully saturated rings. The van der Waals surface area contributed by atoms with Gasteiger partial charge in [0.25, 0.3) is 0 Å². The molecule has 2 nitrogen and oxygen atoms in total. The second-order valence-electron chi connectivity index (χ2n) is 13.3. The summed E-state index contributed by atoms with van der Waals surface area (Å²) in [5.74, 6) is 4.00. The lowest BCUT2D eigenvalue weighted by Gasteiger charge is -2.61. The molecule has 4 aliphatic rings. The van der Waals surface area contributed by atoms with Crippen molar-refractivity contribution in [1.29, 1.82) is 0 Å². The number of Topliss-reactive ketones (excluding diaryl/α,β-unsaturated/α-hetero) is 1. The zero-order valence-corrected chi connectivity index (χ0v) is 21.4. The van der Waals surface area contributed by atoms with Gasteiger partial charge in [-0.3, -0.25) is 4.79 Å². The van der Waals surface area contributed by atoms with E-state index in [0.717, 1.165) is 30.6 Å². The van der Waals surface area contributed by atoms with Crippen LogP contribution in [0.4, 0.5) is 0 Å². The van der Waals surface area contributed by atoms with Crippen LogP contribution in [0.1, 0.15) is 92.9 Å². The average molecular weight is 419 g/mol. The van der Waals surface area contributed by atoms with Crippen LogP contribution in [-0.2, 0) is 9.22 Å². The molecule has 4 rings (SSSR count). The second kappa shape index (κ2) is 6.92. The molecule has 3 heteroatoms. The van der Waals surface area contributed by atoms with Crippen LogP contribution in [0.25, 0.3) is 0 Å². The molecule has 4 saturated carbocycles. The van der Waals surface area contributed by atoms with E-state index < -0.39 is 8.32 Å². The normalized spacial score (nSPS) is 48.1. The highest BCUT2D eigenvalue weighted by molar-refractivity contribution is 6.74. The van der Waals surface area contributed by atoms with Crippen molar-refractivity contribution in [3.05, 3.63) is 0 Å². The molecule has 8 atom stereocenters. The number of carbonyl (C=O) groups is 1. The molecule has 0 bridgehead atoms. The van der Waals surface area contributed by atoms with E-state index in [1.54, 1.807) is 0 Å². The quantitative estimate of drug-likeness (QED) is 0.442. The average Bonchev–Trinajstić information content (AvgIpc) is 2.94. The Morgan fingerprint density at radius 3 is 2.17 bits per heavy atom. The molecule has 29 heavy (non-hydrogen) atoms. The third-order valence-electron chi connectivity index (χ3n) is 11.1.